The highest BCUT2D eigenvalue weighted by atomic mass is 35.5. The zero-order valence-electron chi connectivity index (χ0n) is 16.1. The Morgan fingerprint density at radius 2 is 1.57 bits per heavy atom. The molecule has 2 saturated heterocycles. The minimum absolute atomic E-state index is 0.155. The van der Waals surface area contributed by atoms with Crippen molar-refractivity contribution < 1.29 is 19.1 Å². The first-order chi connectivity index (χ1) is 13.4. The van der Waals surface area contributed by atoms with Gasteiger partial charge in [0.1, 0.15) is 12.4 Å². The largest absolute Gasteiger partial charge is 0.492 e. The van der Waals surface area contributed by atoms with Crippen molar-refractivity contribution in [2.24, 2.45) is 0 Å². The molecule has 0 aromatic heterocycles. The summed E-state index contributed by atoms with van der Waals surface area (Å²) in [4.78, 5) is 42.8. The van der Waals surface area contributed by atoms with Crippen molar-refractivity contribution in [3.63, 3.8) is 0 Å². The molecule has 1 aromatic carbocycles. The van der Waals surface area contributed by atoms with Gasteiger partial charge in [-0.3, -0.25) is 24.3 Å². The Morgan fingerprint density at radius 1 is 0.964 bits per heavy atom. The van der Waals surface area contributed by atoms with Crippen LogP contribution < -0.4 is 4.74 Å². The molecule has 9 heteroatoms. The van der Waals surface area contributed by atoms with Gasteiger partial charge < -0.3 is 4.74 Å². The van der Waals surface area contributed by atoms with E-state index < -0.39 is 17.8 Å². The number of urea groups is 1. The summed E-state index contributed by atoms with van der Waals surface area (Å²) in [5.74, 6) is -0.691. The van der Waals surface area contributed by atoms with Gasteiger partial charge in [-0.25, -0.2) is 9.69 Å². The molecule has 8 nitrogen and oxygen atoms in total. The topological polar surface area (TPSA) is 73.4 Å². The number of halogens is 1. The van der Waals surface area contributed by atoms with Crippen molar-refractivity contribution in [1.82, 2.24) is 19.6 Å². The van der Waals surface area contributed by atoms with Crippen LogP contribution in [0.25, 0.3) is 0 Å². The standard InChI is InChI=1S/C19H25ClN4O4/c1-14(2)24-18(26)17(25)23(19(24)27)13-22-9-7-21(8-10-22)11-12-28-16-5-3-15(20)4-6-16/h3-6,14H,7-13H2,1-2H3. The summed E-state index contributed by atoms with van der Waals surface area (Å²) in [5, 5.41) is 0.677. The fraction of sp³-hybridized carbons (Fsp3) is 0.526. The lowest BCUT2D eigenvalue weighted by Crippen LogP contribution is -2.52. The predicted octanol–water partition coefficient (Wildman–Crippen LogP) is 1.49. The first kappa shape index (κ1) is 20.6. The van der Waals surface area contributed by atoms with Crippen molar-refractivity contribution in [3.05, 3.63) is 29.3 Å². The summed E-state index contributed by atoms with van der Waals surface area (Å²) < 4.78 is 5.72. The zero-order valence-corrected chi connectivity index (χ0v) is 16.9. The van der Waals surface area contributed by atoms with Crippen LogP contribution in [0.3, 0.4) is 0 Å². The van der Waals surface area contributed by atoms with Gasteiger partial charge in [0.25, 0.3) is 0 Å². The SMILES string of the molecule is CC(C)N1C(=O)C(=O)N(CN2CCN(CCOc3ccc(Cl)cc3)CC2)C1=O. The van der Waals surface area contributed by atoms with E-state index >= 15 is 0 Å². The van der Waals surface area contributed by atoms with Gasteiger partial charge in [-0.15, -0.1) is 0 Å². The van der Waals surface area contributed by atoms with Crippen molar-refractivity contribution in [2.75, 3.05) is 46.0 Å². The minimum Gasteiger partial charge on any atom is -0.492 e. The normalized spacial score (nSPS) is 19.2. The average Bonchev–Trinajstić information content (AvgIpc) is 2.88. The molecule has 0 N–H and O–H groups in total. The van der Waals surface area contributed by atoms with Crippen LogP contribution in [-0.4, -0.2) is 89.5 Å². The smallest absolute Gasteiger partial charge is 0.335 e. The van der Waals surface area contributed by atoms with Crippen LogP contribution in [0.4, 0.5) is 4.79 Å². The van der Waals surface area contributed by atoms with Crippen LogP contribution in [0.5, 0.6) is 5.75 Å². The number of nitrogens with zero attached hydrogens (tertiary/aromatic N) is 4. The fourth-order valence-electron chi connectivity index (χ4n) is 3.28. The molecule has 2 aliphatic heterocycles. The number of carbonyl (C=O) groups excluding carboxylic acids is 3. The molecular formula is C19H25ClN4O4. The lowest BCUT2D eigenvalue weighted by molar-refractivity contribution is -0.144. The molecule has 4 amide bonds. The summed E-state index contributed by atoms with van der Waals surface area (Å²) >= 11 is 5.86. The summed E-state index contributed by atoms with van der Waals surface area (Å²) in [6, 6.07) is 6.41. The van der Waals surface area contributed by atoms with Gasteiger partial charge in [0.15, 0.2) is 0 Å². The maximum atomic E-state index is 12.4. The molecule has 0 unspecified atom stereocenters. The van der Waals surface area contributed by atoms with Gasteiger partial charge in [0.05, 0.1) is 6.67 Å². The Kier molecular flexibility index (Phi) is 6.53. The van der Waals surface area contributed by atoms with E-state index in [-0.39, 0.29) is 12.7 Å². The summed E-state index contributed by atoms with van der Waals surface area (Å²) in [7, 11) is 0. The average molecular weight is 409 g/mol. The first-order valence-electron chi connectivity index (χ1n) is 9.39. The van der Waals surface area contributed by atoms with Crippen LogP contribution in [0.2, 0.25) is 5.02 Å². The maximum absolute atomic E-state index is 12.4. The molecule has 152 valence electrons. The molecule has 1 aromatic rings. The van der Waals surface area contributed by atoms with Crippen molar-refractivity contribution in [1.29, 1.82) is 0 Å². The Morgan fingerprint density at radius 3 is 2.14 bits per heavy atom. The molecule has 2 heterocycles. The number of rotatable bonds is 7. The quantitative estimate of drug-likeness (QED) is 0.503. The van der Waals surface area contributed by atoms with Crippen LogP contribution in [-0.2, 0) is 9.59 Å². The molecule has 0 bridgehead atoms. The number of hydrogen-bond acceptors (Lipinski definition) is 6. The van der Waals surface area contributed by atoms with Crippen molar-refractivity contribution in [3.8, 4) is 5.75 Å². The van der Waals surface area contributed by atoms with Crippen LogP contribution in [0.1, 0.15) is 13.8 Å². The number of imide groups is 2. The van der Waals surface area contributed by atoms with E-state index in [1.807, 2.05) is 17.0 Å². The number of ether oxygens (including phenoxy) is 1. The van der Waals surface area contributed by atoms with E-state index in [0.717, 1.165) is 35.2 Å². The predicted molar refractivity (Wildman–Crippen MR) is 104 cm³/mol. The Balaban J connectivity index is 1.42. The van der Waals surface area contributed by atoms with Crippen LogP contribution in [0, 0.1) is 0 Å². The molecular weight excluding hydrogens is 384 g/mol. The number of piperazine rings is 1. The highest BCUT2D eigenvalue weighted by Gasteiger charge is 2.46. The highest BCUT2D eigenvalue weighted by molar-refractivity contribution is 6.44. The van der Waals surface area contributed by atoms with Gasteiger partial charge in [0, 0.05) is 43.8 Å². The third-order valence-electron chi connectivity index (χ3n) is 4.90. The molecule has 2 aliphatic rings. The third kappa shape index (κ3) is 4.63. The van der Waals surface area contributed by atoms with Gasteiger partial charge in [-0.1, -0.05) is 11.6 Å². The first-order valence-corrected chi connectivity index (χ1v) is 9.76. The van der Waals surface area contributed by atoms with Crippen LogP contribution >= 0.6 is 11.6 Å². The van der Waals surface area contributed by atoms with Gasteiger partial charge in [-0.2, -0.15) is 0 Å². The van der Waals surface area contributed by atoms with Crippen LogP contribution in [0.15, 0.2) is 24.3 Å². The molecule has 0 radical (unpaired) electrons. The Labute approximate surface area is 169 Å². The second-order valence-corrected chi connectivity index (χ2v) is 7.62. The molecule has 28 heavy (non-hydrogen) atoms. The van der Waals surface area contributed by atoms with E-state index in [1.165, 1.54) is 0 Å². The second-order valence-electron chi connectivity index (χ2n) is 7.19. The van der Waals surface area contributed by atoms with E-state index in [2.05, 4.69) is 4.90 Å². The maximum Gasteiger partial charge on any atom is 0.335 e. The molecule has 0 atom stereocenters. The van der Waals surface area contributed by atoms with E-state index in [0.29, 0.717) is 24.7 Å². The third-order valence-corrected chi connectivity index (χ3v) is 5.15. The Hall–Kier alpha value is -2.16. The molecule has 2 fully saturated rings. The fourth-order valence-corrected chi connectivity index (χ4v) is 3.41. The lowest BCUT2D eigenvalue weighted by atomic mass is 10.3. The van der Waals surface area contributed by atoms with E-state index in [4.69, 9.17) is 16.3 Å². The number of carbonyl (C=O) groups is 3. The molecule has 0 spiro atoms. The summed E-state index contributed by atoms with van der Waals surface area (Å²) in [5.41, 5.74) is 0. The second kappa shape index (κ2) is 8.89. The summed E-state index contributed by atoms with van der Waals surface area (Å²) in [6.45, 7) is 8.00. The molecule has 0 aliphatic carbocycles. The van der Waals surface area contributed by atoms with E-state index in [1.54, 1.807) is 26.0 Å². The Bertz CT molecular complexity index is 732. The lowest BCUT2D eigenvalue weighted by Gasteiger charge is -2.35. The number of benzene rings is 1. The van der Waals surface area contributed by atoms with Gasteiger partial charge >= 0.3 is 17.8 Å². The van der Waals surface area contributed by atoms with Crippen molar-refractivity contribution in [2.45, 2.75) is 19.9 Å². The van der Waals surface area contributed by atoms with Gasteiger partial charge in [0.2, 0.25) is 0 Å². The monoisotopic (exact) mass is 408 g/mol. The molecule has 3 rings (SSSR count). The highest BCUT2D eigenvalue weighted by Crippen LogP contribution is 2.17. The van der Waals surface area contributed by atoms with E-state index in [9.17, 15) is 14.4 Å². The number of hydrogen-bond donors (Lipinski definition) is 0. The summed E-state index contributed by atoms with van der Waals surface area (Å²) in [6.07, 6.45) is 0. The van der Waals surface area contributed by atoms with Gasteiger partial charge in [-0.05, 0) is 38.1 Å². The zero-order chi connectivity index (χ0) is 20.3. The van der Waals surface area contributed by atoms with Crippen molar-refractivity contribution >= 4 is 29.4 Å². The number of amides is 4. The minimum atomic E-state index is -0.738. The molecule has 0 saturated carbocycles.